The van der Waals surface area contributed by atoms with E-state index in [9.17, 15) is 9.90 Å². The molecule has 1 N–H and O–H groups in total. The fraction of sp³-hybridized carbons (Fsp3) is 0.933. The van der Waals surface area contributed by atoms with Crippen molar-refractivity contribution in [2.45, 2.75) is 59.0 Å². The van der Waals surface area contributed by atoms with Crippen LogP contribution >= 0.6 is 0 Å². The van der Waals surface area contributed by atoms with E-state index in [1.54, 1.807) is 0 Å². The van der Waals surface area contributed by atoms with Gasteiger partial charge in [0.05, 0.1) is 0 Å². The van der Waals surface area contributed by atoms with E-state index in [0.717, 1.165) is 38.8 Å². The molecular formula is C15H29NO3. The minimum absolute atomic E-state index is 0.204. The summed E-state index contributed by atoms with van der Waals surface area (Å²) in [6, 6.07) is 0. The van der Waals surface area contributed by atoms with Crippen LogP contribution in [-0.4, -0.2) is 41.4 Å². The third-order valence-corrected chi connectivity index (χ3v) is 3.85. The molecule has 2 atom stereocenters. The SMILES string of the molecule is CCC(CO)C1CCCN(C(=O)OC(C)(C)C)CC1. The van der Waals surface area contributed by atoms with Crippen LogP contribution in [0.1, 0.15) is 53.4 Å². The van der Waals surface area contributed by atoms with Gasteiger partial charge in [0.15, 0.2) is 0 Å². The van der Waals surface area contributed by atoms with Gasteiger partial charge in [-0.2, -0.15) is 0 Å². The Morgan fingerprint density at radius 3 is 2.58 bits per heavy atom. The maximum absolute atomic E-state index is 12.0. The predicted molar refractivity (Wildman–Crippen MR) is 76.0 cm³/mol. The van der Waals surface area contributed by atoms with E-state index < -0.39 is 5.60 Å². The smallest absolute Gasteiger partial charge is 0.410 e. The van der Waals surface area contributed by atoms with Crippen molar-refractivity contribution in [3.63, 3.8) is 0 Å². The molecule has 0 aliphatic carbocycles. The lowest BCUT2D eigenvalue weighted by Gasteiger charge is -2.27. The molecular weight excluding hydrogens is 242 g/mol. The molecule has 0 aromatic rings. The molecule has 19 heavy (non-hydrogen) atoms. The van der Waals surface area contributed by atoms with Gasteiger partial charge < -0.3 is 14.7 Å². The second-order valence-corrected chi connectivity index (χ2v) is 6.51. The van der Waals surface area contributed by atoms with Crippen LogP contribution < -0.4 is 0 Å². The third-order valence-electron chi connectivity index (χ3n) is 3.85. The summed E-state index contributed by atoms with van der Waals surface area (Å²) < 4.78 is 5.42. The highest BCUT2D eigenvalue weighted by atomic mass is 16.6. The molecule has 0 radical (unpaired) electrons. The molecule has 2 unspecified atom stereocenters. The van der Waals surface area contributed by atoms with Gasteiger partial charge in [0.25, 0.3) is 0 Å². The summed E-state index contributed by atoms with van der Waals surface area (Å²) in [6.07, 6.45) is 3.87. The van der Waals surface area contributed by atoms with Crippen molar-refractivity contribution < 1.29 is 14.6 Å². The van der Waals surface area contributed by atoms with Crippen molar-refractivity contribution in [1.29, 1.82) is 0 Å². The van der Waals surface area contributed by atoms with Crippen molar-refractivity contribution in [2.75, 3.05) is 19.7 Å². The van der Waals surface area contributed by atoms with Gasteiger partial charge in [0.1, 0.15) is 5.60 Å². The lowest BCUT2D eigenvalue weighted by Crippen LogP contribution is -2.37. The zero-order chi connectivity index (χ0) is 14.5. The number of rotatable bonds is 3. The van der Waals surface area contributed by atoms with Crippen molar-refractivity contribution in [2.24, 2.45) is 11.8 Å². The Labute approximate surface area is 117 Å². The average Bonchev–Trinajstić information content (AvgIpc) is 2.54. The largest absolute Gasteiger partial charge is 0.444 e. The van der Waals surface area contributed by atoms with Crippen LogP contribution in [0.2, 0.25) is 0 Å². The van der Waals surface area contributed by atoms with E-state index in [2.05, 4.69) is 6.92 Å². The highest BCUT2D eigenvalue weighted by Gasteiger charge is 2.27. The number of aliphatic hydroxyl groups is 1. The molecule has 112 valence electrons. The van der Waals surface area contributed by atoms with Gasteiger partial charge in [0, 0.05) is 19.7 Å². The molecule has 4 heteroatoms. The summed E-state index contributed by atoms with van der Waals surface area (Å²) in [5, 5.41) is 9.39. The van der Waals surface area contributed by atoms with Gasteiger partial charge in [0.2, 0.25) is 0 Å². The molecule has 1 heterocycles. The number of amides is 1. The van der Waals surface area contributed by atoms with E-state index in [1.807, 2.05) is 25.7 Å². The molecule has 1 aliphatic rings. The van der Waals surface area contributed by atoms with Crippen LogP contribution in [0.25, 0.3) is 0 Å². The van der Waals surface area contributed by atoms with Gasteiger partial charge in [-0.3, -0.25) is 0 Å². The number of aliphatic hydroxyl groups excluding tert-OH is 1. The van der Waals surface area contributed by atoms with Crippen LogP contribution in [0.4, 0.5) is 4.79 Å². The third kappa shape index (κ3) is 5.39. The Morgan fingerprint density at radius 2 is 2.05 bits per heavy atom. The number of nitrogens with zero attached hydrogens (tertiary/aromatic N) is 1. The fourth-order valence-corrected chi connectivity index (χ4v) is 2.71. The van der Waals surface area contributed by atoms with Crippen molar-refractivity contribution in [3.8, 4) is 0 Å². The Balaban J connectivity index is 2.52. The summed E-state index contributed by atoms with van der Waals surface area (Å²) in [4.78, 5) is 13.9. The van der Waals surface area contributed by atoms with Gasteiger partial charge >= 0.3 is 6.09 Å². The standard InChI is InChI=1S/C15H29NO3/c1-5-12(11-17)13-7-6-9-16(10-8-13)14(18)19-15(2,3)4/h12-13,17H,5-11H2,1-4H3. The van der Waals surface area contributed by atoms with E-state index in [4.69, 9.17) is 4.74 Å². The van der Waals surface area contributed by atoms with E-state index in [-0.39, 0.29) is 12.7 Å². The molecule has 1 rings (SSSR count). The maximum Gasteiger partial charge on any atom is 0.410 e. The van der Waals surface area contributed by atoms with Crippen molar-refractivity contribution in [1.82, 2.24) is 4.90 Å². The van der Waals surface area contributed by atoms with Gasteiger partial charge in [-0.05, 0) is 51.9 Å². The topological polar surface area (TPSA) is 49.8 Å². The quantitative estimate of drug-likeness (QED) is 0.858. The Hall–Kier alpha value is -0.770. The first kappa shape index (κ1) is 16.3. The molecule has 4 nitrogen and oxygen atoms in total. The zero-order valence-corrected chi connectivity index (χ0v) is 12.8. The van der Waals surface area contributed by atoms with E-state index >= 15 is 0 Å². The second kappa shape index (κ2) is 7.13. The number of hydrogen-bond acceptors (Lipinski definition) is 3. The normalized spacial score (nSPS) is 22.8. The number of carbonyl (C=O) groups excluding carboxylic acids is 1. The van der Waals surface area contributed by atoms with Crippen LogP contribution in [-0.2, 0) is 4.74 Å². The number of ether oxygens (including phenoxy) is 1. The zero-order valence-electron chi connectivity index (χ0n) is 12.8. The minimum atomic E-state index is -0.431. The molecule has 1 aliphatic heterocycles. The second-order valence-electron chi connectivity index (χ2n) is 6.51. The van der Waals surface area contributed by atoms with Gasteiger partial charge in [-0.15, -0.1) is 0 Å². The summed E-state index contributed by atoms with van der Waals surface area (Å²) in [5.41, 5.74) is -0.431. The van der Waals surface area contributed by atoms with Crippen LogP contribution in [0.5, 0.6) is 0 Å². The first-order valence-corrected chi connectivity index (χ1v) is 7.46. The van der Waals surface area contributed by atoms with Crippen LogP contribution in [0.3, 0.4) is 0 Å². The predicted octanol–water partition coefficient (Wildman–Crippen LogP) is 3.04. The minimum Gasteiger partial charge on any atom is -0.444 e. The molecule has 1 fully saturated rings. The summed E-state index contributed by atoms with van der Waals surface area (Å²) in [5.74, 6) is 0.904. The van der Waals surface area contributed by atoms with E-state index in [1.165, 1.54) is 0 Å². The Morgan fingerprint density at radius 1 is 1.37 bits per heavy atom. The Kier molecular flexibility index (Phi) is 6.11. The van der Waals surface area contributed by atoms with Crippen molar-refractivity contribution >= 4 is 6.09 Å². The summed E-state index contributed by atoms with van der Waals surface area (Å²) in [7, 11) is 0. The molecule has 0 spiro atoms. The Bertz CT molecular complexity index is 282. The van der Waals surface area contributed by atoms with Crippen molar-refractivity contribution in [3.05, 3.63) is 0 Å². The lowest BCUT2D eigenvalue weighted by molar-refractivity contribution is 0.0252. The van der Waals surface area contributed by atoms with Crippen LogP contribution in [0.15, 0.2) is 0 Å². The maximum atomic E-state index is 12.0. The highest BCUT2D eigenvalue weighted by molar-refractivity contribution is 5.68. The van der Waals surface area contributed by atoms with Gasteiger partial charge in [-0.1, -0.05) is 13.3 Å². The molecule has 0 aromatic heterocycles. The molecule has 1 saturated heterocycles. The summed E-state index contributed by atoms with van der Waals surface area (Å²) >= 11 is 0. The van der Waals surface area contributed by atoms with Gasteiger partial charge in [-0.25, -0.2) is 4.79 Å². The fourth-order valence-electron chi connectivity index (χ4n) is 2.71. The average molecular weight is 271 g/mol. The lowest BCUT2D eigenvalue weighted by atomic mass is 9.85. The molecule has 0 saturated carbocycles. The number of hydrogen-bond donors (Lipinski definition) is 1. The number of likely N-dealkylation sites (tertiary alicyclic amines) is 1. The molecule has 0 bridgehead atoms. The van der Waals surface area contributed by atoms with Crippen LogP contribution in [0, 0.1) is 11.8 Å². The monoisotopic (exact) mass is 271 g/mol. The van der Waals surface area contributed by atoms with E-state index in [0.29, 0.717) is 11.8 Å². The molecule has 1 amide bonds. The summed E-state index contributed by atoms with van der Waals surface area (Å²) in [6.45, 7) is 9.58. The first-order valence-electron chi connectivity index (χ1n) is 7.46. The number of carbonyl (C=O) groups is 1. The highest BCUT2D eigenvalue weighted by Crippen LogP contribution is 2.27. The molecule has 0 aromatic carbocycles. The first-order chi connectivity index (χ1) is 8.87.